The number of alkyl halides is 3. The second kappa shape index (κ2) is 5.27. The molecule has 1 fully saturated rings. The molecule has 1 unspecified atom stereocenters. The second-order valence-electron chi connectivity index (χ2n) is 4.74. The van der Waals surface area contributed by atoms with Crippen molar-refractivity contribution in [2.75, 3.05) is 13.1 Å². The monoisotopic (exact) mass is 303 g/mol. The molecule has 1 aromatic heterocycles. The van der Waals surface area contributed by atoms with Gasteiger partial charge >= 0.3 is 12.1 Å². The van der Waals surface area contributed by atoms with Gasteiger partial charge in [-0.15, -0.1) is 0 Å². The van der Waals surface area contributed by atoms with Crippen molar-refractivity contribution in [2.45, 2.75) is 12.6 Å². The fourth-order valence-corrected chi connectivity index (χ4v) is 2.17. The largest absolute Gasteiger partial charge is 0.481 e. The number of carbonyl (C=O) groups is 2. The van der Waals surface area contributed by atoms with Crippen LogP contribution in [-0.4, -0.2) is 41.1 Å². The van der Waals surface area contributed by atoms with Crippen LogP contribution in [0.5, 0.6) is 0 Å². The summed E-state index contributed by atoms with van der Waals surface area (Å²) < 4.78 is 43.8. The Morgan fingerprint density at radius 3 is 2.62 bits per heavy atom. The smallest absolute Gasteiger partial charge is 0.406 e. The molecule has 0 bridgehead atoms. The normalized spacial score (nSPS) is 22.9. The number of nitrogens with zero attached hydrogens (tertiary/aromatic N) is 1. The van der Waals surface area contributed by atoms with E-state index >= 15 is 0 Å². The van der Waals surface area contributed by atoms with Crippen LogP contribution >= 0.6 is 0 Å². The van der Waals surface area contributed by atoms with Crippen molar-refractivity contribution in [2.24, 2.45) is 5.41 Å². The Kier molecular flexibility index (Phi) is 3.80. The Morgan fingerprint density at radius 2 is 2.14 bits per heavy atom. The van der Waals surface area contributed by atoms with Gasteiger partial charge in [-0.05, 0) is 24.6 Å². The first kappa shape index (κ1) is 15.1. The Bertz CT molecular complexity index is 564. The molecule has 1 aliphatic rings. The molecular formula is C13H12F3NO4. The van der Waals surface area contributed by atoms with Crippen LogP contribution in [-0.2, 0) is 9.59 Å². The zero-order valence-electron chi connectivity index (χ0n) is 10.8. The van der Waals surface area contributed by atoms with Gasteiger partial charge in [-0.1, -0.05) is 0 Å². The van der Waals surface area contributed by atoms with Gasteiger partial charge in [-0.3, -0.25) is 9.59 Å². The van der Waals surface area contributed by atoms with Gasteiger partial charge in [0.05, 0.1) is 6.26 Å². The van der Waals surface area contributed by atoms with E-state index in [-0.39, 0.29) is 6.54 Å². The summed E-state index contributed by atoms with van der Waals surface area (Å²) in [5, 5.41) is 8.89. The summed E-state index contributed by atoms with van der Waals surface area (Å²) in [6.07, 6.45) is -1.78. The number of amides is 1. The average molecular weight is 303 g/mol. The number of halogens is 3. The Hall–Kier alpha value is -2.25. The lowest BCUT2D eigenvalue weighted by atomic mass is 9.86. The SMILES string of the molecule is O=C(C=Cc1ccco1)N1CCC(C(=O)O)(C(F)(F)F)C1. The van der Waals surface area contributed by atoms with Crippen LogP contribution in [0, 0.1) is 5.41 Å². The molecule has 1 aromatic rings. The van der Waals surface area contributed by atoms with Gasteiger partial charge < -0.3 is 14.4 Å². The molecule has 1 saturated heterocycles. The molecule has 1 atom stereocenters. The number of hydrogen-bond acceptors (Lipinski definition) is 3. The molecule has 2 rings (SSSR count). The summed E-state index contributed by atoms with van der Waals surface area (Å²) in [6.45, 7) is -1.14. The van der Waals surface area contributed by atoms with Crippen LogP contribution in [0.25, 0.3) is 6.08 Å². The van der Waals surface area contributed by atoms with E-state index in [1.807, 2.05) is 0 Å². The van der Waals surface area contributed by atoms with E-state index in [2.05, 4.69) is 0 Å². The van der Waals surface area contributed by atoms with E-state index in [0.29, 0.717) is 5.76 Å². The fourth-order valence-electron chi connectivity index (χ4n) is 2.17. The van der Waals surface area contributed by atoms with Crippen molar-refractivity contribution >= 4 is 18.0 Å². The first-order chi connectivity index (χ1) is 9.76. The van der Waals surface area contributed by atoms with Crippen molar-refractivity contribution in [1.29, 1.82) is 0 Å². The lowest BCUT2D eigenvalue weighted by molar-refractivity contribution is -0.227. The second-order valence-corrected chi connectivity index (χ2v) is 4.74. The van der Waals surface area contributed by atoms with E-state index in [9.17, 15) is 22.8 Å². The summed E-state index contributed by atoms with van der Waals surface area (Å²) >= 11 is 0. The summed E-state index contributed by atoms with van der Waals surface area (Å²) in [5.41, 5.74) is -2.89. The van der Waals surface area contributed by atoms with E-state index in [4.69, 9.17) is 9.52 Å². The Labute approximate surface area is 117 Å². The van der Waals surface area contributed by atoms with E-state index in [1.165, 1.54) is 12.3 Å². The third-order valence-corrected chi connectivity index (χ3v) is 3.47. The molecule has 0 saturated carbocycles. The van der Waals surface area contributed by atoms with Crippen LogP contribution in [0.3, 0.4) is 0 Å². The summed E-state index contributed by atoms with van der Waals surface area (Å²) in [7, 11) is 0. The van der Waals surface area contributed by atoms with Crippen molar-refractivity contribution in [3.8, 4) is 0 Å². The van der Waals surface area contributed by atoms with Crippen LogP contribution in [0.15, 0.2) is 28.9 Å². The number of rotatable bonds is 3. The third kappa shape index (κ3) is 2.79. The molecule has 0 spiro atoms. The molecule has 0 aliphatic carbocycles. The molecule has 5 nitrogen and oxygen atoms in total. The first-order valence-electron chi connectivity index (χ1n) is 6.07. The van der Waals surface area contributed by atoms with Crippen molar-refractivity contribution in [3.63, 3.8) is 0 Å². The van der Waals surface area contributed by atoms with Crippen LogP contribution in [0.1, 0.15) is 12.2 Å². The van der Waals surface area contributed by atoms with Gasteiger partial charge in [0.15, 0.2) is 5.41 Å². The minimum absolute atomic E-state index is 0.257. The van der Waals surface area contributed by atoms with Crippen LogP contribution in [0.2, 0.25) is 0 Å². The standard InChI is InChI=1S/C13H12F3NO4/c14-13(15,16)12(11(19)20)5-6-17(8-12)10(18)4-3-9-2-1-7-21-9/h1-4,7H,5-6,8H2,(H,19,20). The quantitative estimate of drug-likeness (QED) is 0.869. The van der Waals surface area contributed by atoms with E-state index in [0.717, 1.165) is 11.0 Å². The maximum absolute atomic E-state index is 13.0. The average Bonchev–Trinajstić information content (AvgIpc) is 3.04. The van der Waals surface area contributed by atoms with Gasteiger partial charge in [0.2, 0.25) is 5.91 Å². The number of likely N-dealkylation sites (tertiary alicyclic amines) is 1. The highest BCUT2D eigenvalue weighted by atomic mass is 19.4. The highest BCUT2D eigenvalue weighted by Gasteiger charge is 2.64. The number of carboxylic acid groups (broad SMARTS) is 1. The minimum Gasteiger partial charge on any atom is -0.481 e. The molecule has 0 aromatic carbocycles. The summed E-state index contributed by atoms with van der Waals surface area (Å²) in [4.78, 5) is 23.7. The molecule has 1 amide bonds. The van der Waals surface area contributed by atoms with Gasteiger partial charge in [0.25, 0.3) is 0 Å². The molecule has 1 aliphatic heterocycles. The number of aliphatic carboxylic acids is 1. The predicted molar refractivity (Wildman–Crippen MR) is 65.1 cm³/mol. The number of carboxylic acids is 1. The molecule has 0 radical (unpaired) electrons. The van der Waals surface area contributed by atoms with Crippen LogP contribution < -0.4 is 0 Å². The summed E-state index contributed by atoms with van der Waals surface area (Å²) in [5.74, 6) is -2.26. The minimum atomic E-state index is -4.90. The zero-order chi connectivity index (χ0) is 15.7. The lowest BCUT2D eigenvalue weighted by Crippen LogP contribution is -2.47. The van der Waals surface area contributed by atoms with Gasteiger partial charge in [0, 0.05) is 19.2 Å². The Balaban J connectivity index is 2.11. The van der Waals surface area contributed by atoms with Crippen molar-refractivity contribution in [1.82, 2.24) is 4.90 Å². The highest BCUT2D eigenvalue weighted by Crippen LogP contribution is 2.45. The lowest BCUT2D eigenvalue weighted by Gasteiger charge is -2.26. The zero-order valence-corrected chi connectivity index (χ0v) is 10.8. The van der Waals surface area contributed by atoms with Crippen molar-refractivity contribution < 1.29 is 32.3 Å². The van der Waals surface area contributed by atoms with E-state index < -0.39 is 36.4 Å². The highest BCUT2D eigenvalue weighted by molar-refractivity contribution is 5.92. The predicted octanol–water partition coefficient (Wildman–Crippen LogP) is 2.16. The fraction of sp³-hybridized carbons (Fsp3) is 0.385. The third-order valence-electron chi connectivity index (χ3n) is 3.47. The topological polar surface area (TPSA) is 70.8 Å². The number of furan rings is 1. The molecule has 8 heteroatoms. The molecule has 2 heterocycles. The first-order valence-corrected chi connectivity index (χ1v) is 6.07. The molecule has 1 N–H and O–H groups in total. The van der Waals surface area contributed by atoms with Crippen LogP contribution in [0.4, 0.5) is 13.2 Å². The summed E-state index contributed by atoms with van der Waals surface area (Å²) in [6, 6.07) is 3.17. The Morgan fingerprint density at radius 1 is 1.43 bits per heavy atom. The number of hydrogen-bond donors (Lipinski definition) is 1. The molecule has 114 valence electrons. The maximum atomic E-state index is 13.0. The van der Waals surface area contributed by atoms with Gasteiger partial charge in [-0.25, -0.2) is 0 Å². The van der Waals surface area contributed by atoms with Gasteiger partial charge in [-0.2, -0.15) is 13.2 Å². The van der Waals surface area contributed by atoms with E-state index in [1.54, 1.807) is 12.1 Å². The maximum Gasteiger partial charge on any atom is 0.406 e. The van der Waals surface area contributed by atoms with Crippen molar-refractivity contribution in [3.05, 3.63) is 30.2 Å². The van der Waals surface area contributed by atoms with Gasteiger partial charge in [0.1, 0.15) is 5.76 Å². The molecule has 21 heavy (non-hydrogen) atoms. The molecular weight excluding hydrogens is 291 g/mol. The number of carbonyl (C=O) groups excluding carboxylic acids is 1.